The van der Waals surface area contributed by atoms with Crippen molar-refractivity contribution in [2.75, 3.05) is 46.5 Å². The molecule has 26 heavy (non-hydrogen) atoms. The van der Waals surface area contributed by atoms with Crippen LogP contribution in [-0.2, 0) is 9.47 Å². The monoisotopic (exact) mass is 357 g/mol. The average Bonchev–Trinajstić information content (AvgIpc) is 3.22. The Bertz CT molecular complexity index is 752. The van der Waals surface area contributed by atoms with Crippen LogP contribution in [0.3, 0.4) is 0 Å². The molecule has 138 valence electrons. The lowest BCUT2D eigenvalue weighted by Crippen LogP contribution is -2.41. The van der Waals surface area contributed by atoms with Crippen molar-refractivity contribution in [2.24, 2.45) is 0 Å². The Morgan fingerprint density at radius 1 is 1.12 bits per heavy atom. The van der Waals surface area contributed by atoms with Crippen LogP contribution in [0, 0.1) is 0 Å². The fraction of sp³-hybridized carbons (Fsp3) is 0.368. The van der Waals surface area contributed by atoms with Crippen LogP contribution in [0.15, 0.2) is 42.7 Å². The second-order valence-electron chi connectivity index (χ2n) is 6.06. The van der Waals surface area contributed by atoms with E-state index in [0.29, 0.717) is 17.7 Å². The van der Waals surface area contributed by atoms with Crippen molar-refractivity contribution >= 4 is 11.9 Å². The van der Waals surface area contributed by atoms with E-state index in [1.165, 1.54) is 7.11 Å². The van der Waals surface area contributed by atoms with Crippen molar-refractivity contribution in [3.63, 3.8) is 0 Å². The second kappa shape index (κ2) is 8.64. The highest BCUT2D eigenvalue weighted by Gasteiger charge is 2.15. The van der Waals surface area contributed by atoms with Gasteiger partial charge in [-0.3, -0.25) is 9.69 Å². The van der Waals surface area contributed by atoms with Crippen LogP contribution in [0.1, 0.15) is 20.7 Å². The molecule has 0 unspecified atom stereocenters. The molecule has 2 heterocycles. The molecule has 1 N–H and O–H groups in total. The normalized spacial score (nSPS) is 14.8. The summed E-state index contributed by atoms with van der Waals surface area (Å²) in [6.07, 6.45) is 3.72. The van der Waals surface area contributed by atoms with Gasteiger partial charge >= 0.3 is 5.97 Å². The number of aromatic nitrogens is 1. The maximum Gasteiger partial charge on any atom is 0.337 e. The Morgan fingerprint density at radius 2 is 1.81 bits per heavy atom. The summed E-state index contributed by atoms with van der Waals surface area (Å²) in [5.74, 6) is -0.682. The zero-order chi connectivity index (χ0) is 18.4. The first-order chi connectivity index (χ1) is 12.7. The van der Waals surface area contributed by atoms with Gasteiger partial charge in [0.2, 0.25) is 0 Å². The van der Waals surface area contributed by atoms with Crippen molar-refractivity contribution in [3.05, 3.63) is 53.9 Å². The molecule has 0 radical (unpaired) electrons. The number of rotatable bonds is 6. The number of nitrogens with zero attached hydrogens (tertiary/aromatic N) is 2. The molecule has 7 nitrogen and oxygen atoms in total. The van der Waals surface area contributed by atoms with E-state index < -0.39 is 5.97 Å². The molecular formula is C19H23N3O4. The third-order valence-electron chi connectivity index (χ3n) is 4.32. The van der Waals surface area contributed by atoms with E-state index in [2.05, 4.69) is 10.2 Å². The maximum atomic E-state index is 12.6. The topological polar surface area (TPSA) is 72.8 Å². The second-order valence-corrected chi connectivity index (χ2v) is 6.06. The Morgan fingerprint density at radius 3 is 2.50 bits per heavy atom. The highest BCUT2D eigenvalue weighted by Crippen LogP contribution is 2.16. The van der Waals surface area contributed by atoms with Gasteiger partial charge in [-0.25, -0.2) is 4.79 Å². The first-order valence-corrected chi connectivity index (χ1v) is 8.62. The van der Waals surface area contributed by atoms with E-state index in [-0.39, 0.29) is 5.91 Å². The molecular weight excluding hydrogens is 334 g/mol. The molecule has 3 rings (SSSR count). The van der Waals surface area contributed by atoms with Gasteiger partial charge in [0.25, 0.3) is 5.91 Å². The predicted octanol–water partition coefficient (Wildman–Crippen LogP) is 1.33. The number of hydrogen-bond acceptors (Lipinski definition) is 5. The largest absolute Gasteiger partial charge is 0.465 e. The number of amides is 1. The third-order valence-corrected chi connectivity index (χ3v) is 4.32. The Hall–Kier alpha value is -2.64. The predicted molar refractivity (Wildman–Crippen MR) is 96.7 cm³/mol. The highest BCUT2D eigenvalue weighted by molar-refractivity contribution is 5.98. The SMILES string of the molecule is COC(=O)c1cc(C(=O)NCCN2CCOCC2)cc(-n2cccc2)c1. The van der Waals surface area contributed by atoms with Crippen molar-refractivity contribution in [1.29, 1.82) is 0 Å². The van der Waals surface area contributed by atoms with Gasteiger partial charge in [-0.2, -0.15) is 0 Å². The fourth-order valence-corrected chi connectivity index (χ4v) is 2.89. The molecule has 1 fully saturated rings. The van der Waals surface area contributed by atoms with Gasteiger partial charge in [-0.1, -0.05) is 0 Å². The summed E-state index contributed by atoms with van der Waals surface area (Å²) in [6, 6.07) is 8.79. The molecule has 1 aliphatic rings. The molecule has 7 heteroatoms. The molecule has 1 amide bonds. The van der Waals surface area contributed by atoms with Crippen LogP contribution in [0.4, 0.5) is 0 Å². The van der Waals surface area contributed by atoms with E-state index in [1.54, 1.807) is 18.2 Å². The molecule has 1 saturated heterocycles. The molecule has 1 aromatic heterocycles. The summed E-state index contributed by atoms with van der Waals surface area (Å²) >= 11 is 0. The lowest BCUT2D eigenvalue weighted by Gasteiger charge is -2.26. The van der Waals surface area contributed by atoms with Gasteiger partial charge < -0.3 is 19.4 Å². The Labute approximate surface area is 152 Å². The van der Waals surface area contributed by atoms with Crippen molar-refractivity contribution in [2.45, 2.75) is 0 Å². The Balaban J connectivity index is 1.71. The van der Waals surface area contributed by atoms with E-state index in [0.717, 1.165) is 38.5 Å². The average molecular weight is 357 g/mol. The summed E-state index contributed by atoms with van der Waals surface area (Å²) in [6.45, 7) is 4.54. The quantitative estimate of drug-likeness (QED) is 0.790. The lowest BCUT2D eigenvalue weighted by molar-refractivity contribution is 0.0383. The van der Waals surface area contributed by atoms with Gasteiger partial charge in [0.15, 0.2) is 0 Å². The molecule has 0 aliphatic carbocycles. The zero-order valence-electron chi connectivity index (χ0n) is 14.8. The molecule has 1 aromatic carbocycles. The summed E-state index contributed by atoms with van der Waals surface area (Å²) in [4.78, 5) is 26.8. The summed E-state index contributed by atoms with van der Waals surface area (Å²) in [5, 5.41) is 2.92. The third kappa shape index (κ3) is 4.50. The number of hydrogen-bond donors (Lipinski definition) is 1. The van der Waals surface area contributed by atoms with Crippen LogP contribution >= 0.6 is 0 Å². The minimum absolute atomic E-state index is 0.211. The van der Waals surface area contributed by atoms with Gasteiger partial charge in [0, 0.05) is 49.8 Å². The molecule has 0 spiro atoms. The first kappa shape index (κ1) is 18.2. The van der Waals surface area contributed by atoms with Crippen molar-refractivity contribution in [1.82, 2.24) is 14.8 Å². The van der Waals surface area contributed by atoms with Gasteiger partial charge in [-0.05, 0) is 30.3 Å². The molecule has 0 saturated carbocycles. The van der Waals surface area contributed by atoms with Crippen LogP contribution < -0.4 is 5.32 Å². The fourth-order valence-electron chi connectivity index (χ4n) is 2.89. The van der Waals surface area contributed by atoms with Gasteiger partial charge in [0.05, 0.1) is 25.9 Å². The molecule has 0 bridgehead atoms. The van der Waals surface area contributed by atoms with Crippen LogP contribution in [0.25, 0.3) is 5.69 Å². The standard InChI is InChI=1S/C19H23N3O4/c1-25-19(24)16-12-15(13-17(14-16)22-5-2-3-6-22)18(23)20-4-7-21-8-10-26-11-9-21/h2-3,5-6,12-14H,4,7-11H2,1H3,(H,20,23). The number of esters is 1. The van der Waals surface area contributed by atoms with Crippen molar-refractivity contribution in [3.8, 4) is 5.69 Å². The van der Waals surface area contributed by atoms with Gasteiger partial charge in [-0.15, -0.1) is 0 Å². The zero-order valence-corrected chi connectivity index (χ0v) is 14.8. The van der Waals surface area contributed by atoms with E-state index >= 15 is 0 Å². The molecule has 1 aliphatic heterocycles. The van der Waals surface area contributed by atoms with E-state index in [9.17, 15) is 9.59 Å². The maximum absolute atomic E-state index is 12.6. The summed E-state index contributed by atoms with van der Waals surface area (Å²) in [7, 11) is 1.33. The Kier molecular flexibility index (Phi) is 6.04. The lowest BCUT2D eigenvalue weighted by atomic mass is 10.1. The molecule has 0 atom stereocenters. The molecule has 2 aromatic rings. The smallest absolute Gasteiger partial charge is 0.337 e. The number of carbonyl (C=O) groups is 2. The minimum Gasteiger partial charge on any atom is -0.465 e. The number of benzene rings is 1. The number of ether oxygens (including phenoxy) is 2. The van der Waals surface area contributed by atoms with E-state index in [1.807, 2.05) is 29.1 Å². The van der Waals surface area contributed by atoms with Crippen LogP contribution in [-0.4, -0.2) is 67.8 Å². The highest BCUT2D eigenvalue weighted by atomic mass is 16.5. The number of methoxy groups -OCH3 is 1. The number of carbonyl (C=O) groups excluding carboxylic acids is 2. The van der Waals surface area contributed by atoms with Crippen LogP contribution in [0.5, 0.6) is 0 Å². The first-order valence-electron chi connectivity index (χ1n) is 8.62. The summed E-state index contributed by atoms with van der Waals surface area (Å²) in [5.41, 5.74) is 1.51. The van der Waals surface area contributed by atoms with E-state index in [4.69, 9.17) is 9.47 Å². The minimum atomic E-state index is -0.471. The summed E-state index contributed by atoms with van der Waals surface area (Å²) < 4.78 is 12.0. The number of nitrogens with one attached hydrogen (secondary N) is 1. The number of morpholine rings is 1. The van der Waals surface area contributed by atoms with Crippen LogP contribution in [0.2, 0.25) is 0 Å². The van der Waals surface area contributed by atoms with Crippen molar-refractivity contribution < 1.29 is 19.1 Å². The van der Waals surface area contributed by atoms with Gasteiger partial charge in [0.1, 0.15) is 0 Å².